The Balaban J connectivity index is 1.41. The van der Waals surface area contributed by atoms with Crippen LogP contribution in [0.15, 0.2) is 18.2 Å². The molecule has 2 fully saturated rings. The van der Waals surface area contributed by atoms with Crippen molar-refractivity contribution in [2.75, 3.05) is 37.6 Å². The van der Waals surface area contributed by atoms with Gasteiger partial charge in [0.1, 0.15) is 5.92 Å². The van der Waals surface area contributed by atoms with Crippen LogP contribution in [0.3, 0.4) is 0 Å². The summed E-state index contributed by atoms with van der Waals surface area (Å²) in [4.78, 5) is 16.5. The van der Waals surface area contributed by atoms with E-state index in [1.807, 2.05) is 0 Å². The van der Waals surface area contributed by atoms with Crippen LogP contribution in [0.1, 0.15) is 43.2 Å². The van der Waals surface area contributed by atoms with Gasteiger partial charge in [-0.1, -0.05) is 31.0 Å². The number of rotatable bonds is 6. The number of amides is 1. The molecule has 2 aliphatic rings. The first-order chi connectivity index (χ1) is 13.5. The van der Waals surface area contributed by atoms with Gasteiger partial charge >= 0.3 is 0 Å². The zero-order valence-electron chi connectivity index (χ0n) is 17.4. The minimum Gasteiger partial charge on any atom is -0.369 e. The molecule has 1 amide bonds. The Morgan fingerprint density at radius 1 is 1.14 bits per heavy atom. The molecule has 0 radical (unpaired) electrons. The normalized spacial score (nSPS) is 24.5. The Kier molecular flexibility index (Phi) is 6.96. The molecule has 1 aliphatic heterocycles. The largest absolute Gasteiger partial charge is 0.369 e. The van der Waals surface area contributed by atoms with Gasteiger partial charge in [-0.15, -0.1) is 0 Å². The summed E-state index contributed by atoms with van der Waals surface area (Å²) in [5, 5.41) is 9.16. The summed E-state index contributed by atoms with van der Waals surface area (Å²) in [5.41, 5.74) is 9.53. The molecule has 152 valence electrons. The summed E-state index contributed by atoms with van der Waals surface area (Å²) in [6, 6.07) is 8.67. The smallest absolute Gasteiger partial charge is 0.235 e. The van der Waals surface area contributed by atoms with Crippen molar-refractivity contribution in [3.05, 3.63) is 29.3 Å². The number of hydrogen-bond donors (Lipinski definition) is 1. The molecule has 1 atom stereocenters. The highest BCUT2D eigenvalue weighted by atomic mass is 16.1. The lowest BCUT2D eigenvalue weighted by Gasteiger charge is -2.38. The van der Waals surface area contributed by atoms with Crippen molar-refractivity contribution in [2.45, 2.75) is 46.0 Å². The fourth-order valence-corrected chi connectivity index (χ4v) is 5.08. The highest BCUT2D eigenvalue weighted by molar-refractivity contribution is 5.79. The highest BCUT2D eigenvalue weighted by Gasteiger charge is 2.31. The van der Waals surface area contributed by atoms with E-state index in [1.54, 1.807) is 0 Å². The van der Waals surface area contributed by atoms with Gasteiger partial charge < -0.3 is 10.6 Å². The van der Waals surface area contributed by atoms with Crippen LogP contribution >= 0.6 is 0 Å². The fourth-order valence-electron chi connectivity index (χ4n) is 5.08. The number of nitrogens with zero attached hydrogens (tertiary/aromatic N) is 3. The SMILES string of the molecule is Cc1cccc(C)c1N1CCN(CCC2CCC(C(C#N)C(N)=O)CC2)CC1. The molecule has 0 aromatic heterocycles. The summed E-state index contributed by atoms with van der Waals surface area (Å²) in [6.45, 7) is 10.0. The quantitative estimate of drug-likeness (QED) is 0.820. The molecule has 1 saturated heterocycles. The summed E-state index contributed by atoms with van der Waals surface area (Å²) in [6.07, 6.45) is 5.40. The molecule has 1 aromatic carbocycles. The fraction of sp³-hybridized carbons (Fsp3) is 0.652. The van der Waals surface area contributed by atoms with Gasteiger partial charge in [-0.3, -0.25) is 9.69 Å². The molecule has 1 aliphatic carbocycles. The van der Waals surface area contributed by atoms with Gasteiger partial charge in [-0.2, -0.15) is 5.26 Å². The number of piperazine rings is 1. The number of benzene rings is 1. The van der Waals surface area contributed by atoms with E-state index in [9.17, 15) is 4.79 Å². The molecule has 28 heavy (non-hydrogen) atoms. The minimum atomic E-state index is -0.598. The van der Waals surface area contributed by atoms with Crippen molar-refractivity contribution >= 4 is 11.6 Å². The summed E-state index contributed by atoms with van der Waals surface area (Å²) < 4.78 is 0. The van der Waals surface area contributed by atoms with Crippen LogP contribution in [-0.2, 0) is 4.79 Å². The standard InChI is InChI=1S/C23H34N4O/c1-17-4-3-5-18(2)22(17)27-14-12-26(13-15-27)11-10-19-6-8-20(9-7-19)21(16-24)23(25)28/h3-5,19-21H,6-15H2,1-2H3,(H2,25,28). The predicted octanol–water partition coefficient (Wildman–Crippen LogP) is 3.25. The molecule has 0 spiro atoms. The van der Waals surface area contributed by atoms with Crippen LogP contribution in [0.25, 0.3) is 0 Å². The molecule has 5 heteroatoms. The second-order valence-corrected chi connectivity index (χ2v) is 8.65. The van der Waals surface area contributed by atoms with E-state index >= 15 is 0 Å². The maximum Gasteiger partial charge on any atom is 0.235 e. The summed E-state index contributed by atoms with van der Waals surface area (Å²) >= 11 is 0. The predicted molar refractivity (Wildman–Crippen MR) is 113 cm³/mol. The van der Waals surface area contributed by atoms with Crippen LogP contribution in [0.4, 0.5) is 5.69 Å². The van der Waals surface area contributed by atoms with E-state index in [2.05, 4.69) is 47.9 Å². The van der Waals surface area contributed by atoms with Crippen LogP contribution in [0.2, 0.25) is 0 Å². The van der Waals surface area contributed by atoms with Crippen molar-refractivity contribution in [3.63, 3.8) is 0 Å². The second-order valence-electron chi connectivity index (χ2n) is 8.65. The van der Waals surface area contributed by atoms with Crippen molar-refractivity contribution < 1.29 is 4.79 Å². The van der Waals surface area contributed by atoms with E-state index in [0.717, 1.165) is 64.3 Å². The molecule has 3 rings (SSSR count). The zero-order chi connectivity index (χ0) is 20.1. The molecule has 1 heterocycles. The molecule has 1 unspecified atom stereocenters. The van der Waals surface area contributed by atoms with Gasteiger partial charge in [0.15, 0.2) is 0 Å². The number of nitrogens with two attached hydrogens (primary N) is 1. The van der Waals surface area contributed by atoms with Gasteiger partial charge in [-0.25, -0.2) is 0 Å². The highest BCUT2D eigenvalue weighted by Crippen LogP contribution is 2.35. The van der Waals surface area contributed by atoms with Gasteiger partial charge in [-0.05, 0) is 62.6 Å². The van der Waals surface area contributed by atoms with Crippen molar-refractivity contribution in [1.82, 2.24) is 4.90 Å². The maximum atomic E-state index is 11.4. The van der Waals surface area contributed by atoms with Gasteiger partial charge in [0.05, 0.1) is 6.07 Å². The summed E-state index contributed by atoms with van der Waals surface area (Å²) in [5.74, 6) is -0.161. The first kappa shape index (κ1) is 20.7. The molecular weight excluding hydrogens is 348 g/mol. The molecule has 1 saturated carbocycles. The molecule has 2 N–H and O–H groups in total. The number of hydrogen-bond acceptors (Lipinski definition) is 4. The van der Waals surface area contributed by atoms with Crippen LogP contribution in [0, 0.1) is 42.9 Å². The number of nitriles is 1. The third kappa shape index (κ3) is 4.86. The lowest BCUT2D eigenvalue weighted by atomic mass is 9.75. The Bertz CT molecular complexity index is 690. The number of carbonyl (C=O) groups is 1. The van der Waals surface area contributed by atoms with Gasteiger partial charge in [0.2, 0.25) is 5.91 Å². The van der Waals surface area contributed by atoms with E-state index in [0.29, 0.717) is 0 Å². The van der Waals surface area contributed by atoms with E-state index in [4.69, 9.17) is 11.0 Å². The van der Waals surface area contributed by atoms with Gasteiger partial charge in [0.25, 0.3) is 0 Å². The van der Waals surface area contributed by atoms with Crippen molar-refractivity contribution in [1.29, 1.82) is 5.26 Å². The lowest BCUT2D eigenvalue weighted by molar-refractivity contribution is -0.122. The number of anilines is 1. The third-order valence-electron chi connectivity index (χ3n) is 6.79. The van der Waals surface area contributed by atoms with Crippen molar-refractivity contribution in [3.8, 4) is 6.07 Å². The van der Waals surface area contributed by atoms with Crippen LogP contribution in [-0.4, -0.2) is 43.5 Å². The average Bonchev–Trinajstić information content (AvgIpc) is 2.68. The Labute approximate surface area is 169 Å². The van der Waals surface area contributed by atoms with Gasteiger partial charge in [0, 0.05) is 31.9 Å². The number of aryl methyl sites for hydroxylation is 2. The topological polar surface area (TPSA) is 73.4 Å². The number of para-hydroxylation sites is 1. The molecule has 1 aromatic rings. The second kappa shape index (κ2) is 9.43. The molecule has 5 nitrogen and oxygen atoms in total. The first-order valence-corrected chi connectivity index (χ1v) is 10.7. The molecule has 0 bridgehead atoms. The van der Waals surface area contributed by atoms with E-state index in [1.165, 1.54) is 23.2 Å². The zero-order valence-corrected chi connectivity index (χ0v) is 17.4. The monoisotopic (exact) mass is 382 g/mol. The van der Waals surface area contributed by atoms with E-state index < -0.39 is 11.8 Å². The average molecular weight is 383 g/mol. The van der Waals surface area contributed by atoms with E-state index in [-0.39, 0.29) is 5.92 Å². The third-order valence-corrected chi connectivity index (χ3v) is 6.79. The number of carbonyl (C=O) groups excluding carboxylic acids is 1. The van der Waals surface area contributed by atoms with Crippen LogP contribution < -0.4 is 10.6 Å². The Morgan fingerprint density at radius 2 is 1.75 bits per heavy atom. The van der Waals surface area contributed by atoms with Crippen LogP contribution in [0.5, 0.6) is 0 Å². The lowest BCUT2D eigenvalue weighted by Crippen LogP contribution is -2.47. The summed E-state index contributed by atoms with van der Waals surface area (Å²) in [7, 11) is 0. The van der Waals surface area contributed by atoms with Crippen molar-refractivity contribution in [2.24, 2.45) is 23.5 Å². The Morgan fingerprint density at radius 3 is 2.29 bits per heavy atom. The first-order valence-electron chi connectivity index (χ1n) is 10.7. The minimum absolute atomic E-state index is 0.166. The molecular formula is C23H34N4O. The number of primary amides is 1. The maximum absolute atomic E-state index is 11.4. The Hall–Kier alpha value is -2.06.